The minimum absolute atomic E-state index is 0.00711. The van der Waals surface area contributed by atoms with Crippen molar-refractivity contribution < 1.29 is 19.1 Å². The second-order valence-corrected chi connectivity index (χ2v) is 16.4. The van der Waals surface area contributed by atoms with Gasteiger partial charge in [0.25, 0.3) is 0 Å². The maximum atomic E-state index is 13.7. The maximum Gasteiger partial charge on any atom is 0.331 e. The third-order valence-electron chi connectivity index (χ3n) is 14.3. The molecule has 0 radical (unpaired) electrons. The SMILES string of the molecule is CCOC(=O)/C=C1\C[C@@]2(C)[C@H](CC[C@]3(C)[C@@H]2CC[C@H]2[C@H]4[C@H]5OC[C@@]4(CCC5(C)C)CC[C@]23C)C(C)(C)C1=O. The predicted molar refractivity (Wildman–Crippen MR) is 149 cm³/mol. The first-order valence-electron chi connectivity index (χ1n) is 15.7. The quantitative estimate of drug-likeness (QED) is 0.276. The molecule has 5 saturated carbocycles. The maximum absolute atomic E-state index is 13.7. The Morgan fingerprint density at radius 3 is 2.34 bits per heavy atom. The summed E-state index contributed by atoms with van der Waals surface area (Å²) in [4.78, 5) is 26.2. The molecule has 0 aromatic carbocycles. The third-order valence-corrected chi connectivity index (χ3v) is 14.3. The number of Topliss-reactive ketones (excluding diaryl/α,β-unsaturated/α-hetero) is 1. The van der Waals surface area contributed by atoms with Crippen molar-refractivity contribution >= 4 is 11.8 Å². The fourth-order valence-corrected chi connectivity index (χ4v) is 12.3. The standard InChI is InChI=1S/C34H52O4/c1-9-37-25(35)18-21-19-31(6)23(30(4,5)27(21)36)12-13-33(8)24(31)11-10-22-26-28-29(2,3)14-16-34(26,20-38-28)17-15-32(22,33)7/h18,22-24,26,28H,9-17,19-20H2,1-8H3/b21-18+/t22-,23+,24+,26-,28+,31-,32+,33+,34+/m0/s1. The van der Waals surface area contributed by atoms with Crippen LogP contribution in [0.5, 0.6) is 0 Å². The molecular weight excluding hydrogens is 472 g/mol. The molecule has 1 heterocycles. The fraction of sp³-hybridized carbons (Fsp3) is 0.882. The van der Waals surface area contributed by atoms with E-state index in [1.807, 2.05) is 6.92 Å². The molecule has 0 aromatic heterocycles. The van der Waals surface area contributed by atoms with Gasteiger partial charge in [0, 0.05) is 17.1 Å². The van der Waals surface area contributed by atoms with Gasteiger partial charge in [0.05, 0.1) is 19.3 Å². The van der Waals surface area contributed by atoms with Crippen LogP contribution >= 0.6 is 0 Å². The second kappa shape index (κ2) is 8.20. The molecule has 0 N–H and O–H groups in total. The van der Waals surface area contributed by atoms with Crippen molar-refractivity contribution in [3.05, 3.63) is 11.6 Å². The molecule has 212 valence electrons. The van der Waals surface area contributed by atoms with E-state index in [2.05, 4.69) is 48.5 Å². The van der Waals surface area contributed by atoms with E-state index in [-0.39, 0.29) is 33.4 Å². The van der Waals surface area contributed by atoms with Gasteiger partial charge >= 0.3 is 5.97 Å². The summed E-state index contributed by atoms with van der Waals surface area (Å²) in [5.41, 5.74) is 1.44. The topological polar surface area (TPSA) is 52.6 Å². The fourth-order valence-electron chi connectivity index (χ4n) is 12.3. The van der Waals surface area contributed by atoms with Crippen LogP contribution in [0.1, 0.15) is 113 Å². The highest BCUT2D eigenvalue weighted by Crippen LogP contribution is 2.78. The molecule has 0 amide bonds. The number of esters is 1. The highest BCUT2D eigenvalue weighted by Gasteiger charge is 2.73. The van der Waals surface area contributed by atoms with E-state index in [9.17, 15) is 9.59 Å². The molecule has 0 aromatic rings. The van der Waals surface area contributed by atoms with Gasteiger partial charge in [0.15, 0.2) is 5.78 Å². The average molecular weight is 525 g/mol. The zero-order valence-electron chi connectivity index (χ0n) is 25.4. The molecule has 1 aliphatic heterocycles. The summed E-state index contributed by atoms with van der Waals surface area (Å²) in [6.45, 7) is 20.1. The van der Waals surface area contributed by atoms with Crippen LogP contribution in [-0.4, -0.2) is 31.1 Å². The molecule has 6 rings (SSSR count). The number of fused-ring (bicyclic) bond motifs is 5. The summed E-state index contributed by atoms with van der Waals surface area (Å²) in [5, 5.41) is 0. The van der Waals surface area contributed by atoms with Crippen molar-refractivity contribution in [2.75, 3.05) is 13.2 Å². The number of carbonyl (C=O) groups excluding carboxylic acids is 2. The van der Waals surface area contributed by atoms with Gasteiger partial charge in [0.1, 0.15) is 0 Å². The molecule has 1 saturated heterocycles. The first kappa shape index (κ1) is 27.0. The Bertz CT molecular complexity index is 1070. The Balaban J connectivity index is 1.39. The first-order chi connectivity index (χ1) is 17.7. The molecule has 0 spiro atoms. The van der Waals surface area contributed by atoms with E-state index >= 15 is 0 Å². The third kappa shape index (κ3) is 3.25. The van der Waals surface area contributed by atoms with E-state index in [1.54, 1.807) is 0 Å². The van der Waals surface area contributed by atoms with Gasteiger partial charge in [-0.1, -0.05) is 48.5 Å². The van der Waals surface area contributed by atoms with E-state index < -0.39 is 5.41 Å². The van der Waals surface area contributed by atoms with Crippen LogP contribution in [0.25, 0.3) is 0 Å². The largest absolute Gasteiger partial charge is 0.463 e. The normalized spacial score (nSPS) is 51.4. The summed E-state index contributed by atoms with van der Waals surface area (Å²) < 4.78 is 12.0. The van der Waals surface area contributed by atoms with Gasteiger partial charge in [-0.25, -0.2) is 4.79 Å². The molecular formula is C34H52O4. The zero-order chi connectivity index (χ0) is 27.5. The van der Waals surface area contributed by atoms with Crippen molar-refractivity contribution in [2.24, 2.45) is 56.2 Å². The summed E-state index contributed by atoms with van der Waals surface area (Å²) in [5.74, 6) is 2.11. The summed E-state index contributed by atoms with van der Waals surface area (Å²) in [7, 11) is 0. The molecule has 6 aliphatic rings. The molecule has 4 heteroatoms. The van der Waals surface area contributed by atoms with Crippen molar-refractivity contribution in [3.63, 3.8) is 0 Å². The van der Waals surface area contributed by atoms with E-state index in [4.69, 9.17) is 9.47 Å². The first-order valence-corrected chi connectivity index (χ1v) is 15.7. The Morgan fingerprint density at radius 1 is 0.921 bits per heavy atom. The smallest absolute Gasteiger partial charge is 0.331 e. The molecule has 9 atom stereocenters. The van der Waals surface area contributed by atoms with E-state index in [0.29, 0.717) is 47.9 Å². The lowest BCUT2D eigenvalue weighted by molar-refractivity contribution is -0.236. The van der Waals surface area contributed by atoms with Crippen LogP contribution < -0.4 is 0 Å². The van der Waals surface area contributed by atoms with Crippen LogP contribution in [0.4, 0.5) is 0 Å². The minimum atomic E-state index is -0.457. The van der Waals surface area contributed by atoms with Crippen LogP contribution in [0, 0.1) is 56.2 Å². The van der Waals surface area contributed by atoms with E-state index in [1.165, 1.54) is 51.0 Å². The second-order valence-electron chi connectivity index (χ2n) is 16.4. The van der Waals surface area contributed by atoms with Gasteiger partial charge in [-0.2, -0.15) is 0 Å². The number of ether oxygens (including phenoxy) is 2. The van der Waals surface area contributed by atoms with Crippen LogP contribution in [0.3, 0.4) is 0 Å². The van der Waals surface area contributed by atoms with Crippen LogP contribution in [-0.2, 0) is 19.1 Å². The number of hydrogen-bond acceptors (Lipinski definition) is 4. The van der Waals surface area contributed by atoms with Gasteiger partial charge < -0.3 is 9.47 Å². The molecule has 4 nitrogen and oxygen atoms in total. The van der Waals surface area contributed by atoms with Crippen molar-refractivity contribution in [3.8, 4) is 0 Å². The number of carbonyl (C=O) groups is 2. The highest BCUT2D eigenvalue weighted by atomic mass is 16.5. The number of allylic oxidation sites excluding steroid dienone is 1. The van der Waals surface area contributed by atoms with Crippen LogP contribution in [0.15, 0.2) is 11.6 Å². The summed E-state index contributed by atoms with van der Waals surface area (Å²) in [6, 6.07) is 0. The summed E-state index contributed by atoms with van der Waals surface area (Å²) >= 11 is 0. The van der Waals surface area contributed by atoms with Gasteiger partial charge in [0.2, 0.25) is 0 Å². The van der Waals surface area contributed by atoms with Gasteiger partial charge in [-0.3, -0.25) is 4.79 Å². The van der Waals surface area contributed by atoms with Crippen molar-refractivity contribution in [1.29, 1.82) is 0 Å². The monoisotopic (exact) mass is 524 g/mol. The molecule has 38 heavy (non-hydrogen) atoms. The average Bonchev–Trinajstić information content (AvgIpc) is 3.17. The zero-order valence-corrected chi connectivity index (χ0v) is 25.4. The summed E-state index contributed by atoms with van der Waals surface area (Å²) in [6.07, 6.45) is 12.8. The molecule has 5 aliphatic carbocycles. The van der Waals surface area contributed by atoms with E-state index in [0.717, 1.165) is 18.9 Å². The Hall–Kier alpha value is -1.16. The lowest BCUT2D eigenvalue weighted by Crippen LogP contribution is -2.67. The van der Waals surface area contributed by atoms with Gasteiger partial charge in [-0.15, -0.1) is 0 Å². The van der Waals surface area contributed by atoms with Crippen LogP contribution in [0.2, 0.25) is 0 Å². The lowest BCUT2D eigenvalue weighted by Gasteiger charge is -2.73. The van der Waals surface area contributed by atoms with Gasteiger partial charge in [-0.05, 0) is 115 Å². The van der Waals surface area contributed by atoms with Crippen molar-refractivity contribution in [1.82, 2.24) is 0 Å². The molecule has 2 bridgehead atoms. The predicted octanol–water partition coefficient (Wildman–Crippen LogP) is 7.55. The number of ketones is 1. The number of hydrogen-bond donors (Lipinski definition) is 0. The molecule has 6 fully saturated rings. The Labute approximate surface area is 231 Å². The highest BCUT2D eigenvalue weighted by molar-refractivity contribution is 6.04. The number of rotatable bonds is 2. The molecule has 0 unspecified atom stereocenters. The van der Waals surface area contributed by atoms with Crippen molar-refractivity contribution in [2.45, 2.75) is 119 Å². The minimum Gasteiger partial charge on any atom is -0.463 e. The Kier molecular flexibility index (Phi) is 5.83. The lowest BCUT2D eigenvalue weighted by atomic mass is 9.31. The Morgan fingerprint density at radius 2 is 1.63 bits per heavy atom.